The smallest absolute Gasteiger partial charge is 0.131 e. The van der Waals surface area contributed by atoms with E-state index >= 15 is 0 Å². The molecule has 0 aliphatic carbocycles. The molecule has 1 aromatic heterocycles. The molecule has 3 rings (SSSR count). The number of anilines is 1. The second-order valence-corrected chi connectivity index (χ2v) is 7.42. The van der Waals surface area contributed by atoms with Gasteiger partial charge in [0, 0.05) is 42.0 Å². The van der Waals surface area contributed by atoms with Crippen LogP contribution in [-0.2, 0) is 6.42 Å². The summed E-state index contributed by atoms with van der Waals surface area (Å²) in [5.41, 5.74) is 7.20. The Morgan fingerprint density at radius 1 is 1.00 bits per heavy atom. The highest BCUT2D eigenvalue weighted by molar-refractivity contribution is 6.33. The minimum Gasteiger partial charge on any atom is -0.507 e. The predicted molar refractivity (Wildman–Crippen MR) is 122 cm³/mol. The Balaban J connectivity index is 2.07. The zero-order chi connectivity index (χ0) is 21.0. The Morgan fingerprint density at radius 2 is 1.72 bits per heavy atom. The van der Waals surface area contributed by atoms with E-state index in [2.05, 4.69) is 22.5 Å². The number of hydrogen-bond acceptors (Lipinski definition) is 4. The Kier molecular flexibility index (Phi) is 6.45. The predicted octanol–water partition coefficient (Wildman–Crippen LogP) is 6.06. The highest BCUT2D eigenvalue weighted by Gasteiger charge is 2.14. The van der Waals surface area contributed by atoms with E-state index in [9.17, 15) is 5.11 Å². The summed E-state index contributed by atoms with van der Waals surface area (Å²) < 4.78 is 0. The van der Waals surface area contributed by atoms with Gasteiger partial charge >= 0.3 is 0 Å². The highest BCUT2D eigenvalue weighted by atomic mass is 35.5. The summed E-state index contributed by atoms with van der Waals surface area (Å²) in [4.78, 5) is 4.55. The van der Waals surface area contributed by atoms with Crippen molar-refractivity contribution >= 4 is 17.3 Å². The van der Waals surface area contributed by atoms with Crippen molar-refractivity contribution in [2.24, 2.45) is 0 Å². The van der Waals surface area contributed by atoms with Crippen molar-refractivity contribution in [1.29, 1.82) is 0 Å². The molecule has 1 heterocycles. The molecule has 0 aliphatic heterocycles. The van der Waals surface area contributed by atoms with Gasteiger partial charge in [0.25, 0.3) is 0 Å². The Labute approximate surface area is 177 Å². The van der Waals surface area contributed by atoms with Crippen molar-refractivity contribution < 1.29 is 5.11 Å². The maximum Gasteiger partial charge on any atom is 0.131 e. The number of halogens is 1. The number of nitrogens with one attached hydrogen (secondary N) is 2. The van der Waals surface area contributed by atoms with E-state index in [0.717, 1.165) is 51.3 Å². The van der Waals surface area contributed by atoms with Crippen LogP contribution in [0.2, 0.25) is 5.02 Å². The van der Waals surface area contributed by atoms with Crippen molar-refractivity contribution in [3.8, 4) is 28.0 Å². The van der Waals surface area contributed by atoms with Gasteiger partial charge in [-0.3, -0.25) is 4.98 Å². The maximum absolute atomic E-state index is 11.1. The number of aromatic hydroxyl groups is 1. The third-order valence-electron chi connectivity index (χ3n) is 4.70. The van der Waals surface area contributed by atoms with Gasteiger partial charge in [-0.2, -0.15) is 0 Å². The number of aryl methyl sites for hydroxylation is 3. The summed E-state index contributed by atoms with van der Waals surface area (Å²) in [5.74, 6) is 0.245. The fraction of sp³-hybridized carbons (Fsp3) is 0.208. The Morgan fingerprint density at radius 3 is 2.38 bits per heavy atom. The molecule has 0 amide bonds. The lowest BCUT2D eigenvalue weighted by Crippen LogP contribution is -1.96. The summed E-state index contributed by atoms with van der Waals surface area (Å²) in [6, 6.07) is 13.8. The van der Waals surface area contributed by atoms with Gasteiger partial charge in [-0.05, 0) is 73.4 Å². The number of aromatic nitrogens is 1. The number of nitrogens with zero attached hydrogens (tertiary/aromatic N) is 1. The number of phenols is 1. The molecule has 0 saturated heterocycles. The van der Waals surface area contributed by atoms with E-state index in [1.54, 1.807) is 12.4 Å². The van der Waals surface area contributed by atoms with Crippen LogP contribution in [0.5, 0.6) is 5.75 Å². The van der Waals surface area contributed by atoms with Crippen LogP contribution in [-0.4, -0.2) is 17.1 Å². The zero-order valence-corrected chi connectivity index (χ0v) is 17.9. The van der Waals surface area contributed by atoms with Gasteiger partial charge in [-0.25, -0.2) is 0 Å². The fourth-order valence-corrected chi connectivity index (χ4v) is 3.54. The van der Waals surface area contributed by atoms with E-state index in [0.29, 0.717) is 5.02 Å². The lowest BCUT2D eigenvalue weighted by Gasteiger charge is -2.14. The van der Waals surface area contributed by atoms with Crippen molar-refractivity contribution in [3.63, 3.8) is 0 Å². The summed E-state index contributed by atoms with van der Waals surface area (Å²) >= 11 is 6.46. The molecule has 2 aromatic carbocycles. The van der Waals surface area contributed by atoms with Crippen LogP contribution in [0.4, 0.5) is 5.69 Å². The zero-order valence-electron chi connectivity index (χ0n) is 17.2. The van der Waals surface area contributed by atoms with E-state index in [1.807, 2.05) is 63.4 Å². The number of rotatable bonds is 6. The van der Waals surface area contributed by atoms with E-state index in [4.69, 9.17) is 11.6 Å². The second-order valence-electron chi connectivity index (χ2n) is 7.01. The van der Waals surface area contributed by atoms with Crippen LogP contribution in [0.25, 0.3) is 22.3 Å². The lowest BCUT2D eigenvalue weighted by molar-refractivity contribution is 0.479. The molecule has 0 spiro atoms. The van der Waals surface area contributed by atoms with E-state index in [-0.39, 0.29) is 5.75 Å². The van der Waals surface area contributed by atoms with E-state index in [1.165, 1.54) is 0 Å². The molecule has 0 aliphatic rings. The average Bonchev–Trinajstić information content (AvgIpc) is 2.70. The minimum atomic E-state index is 0.245. The molecular weight excluding hydrogens is 382 g/mol. The number of benzene rings is 2. The molecule has 3 aromatic rings. The molecule has 0 fully saturated rings. The van der Waals surface area contributed by atoms with Crippen molar-refractivity contribution in [1.82, 2.24) is 10.3 Å². The van der Waals surface area contributed by atoms with Crippen LogP contribution in [0.15, 0.2) is 54.9 Å². The molecule has 0 atom stereocenters. The first kappa shape index (κ1) is 20.7. The summed E-state index contributed by atoms with van der Waals surface area (Å²) in [6.07, 6.45) is 4.41. The number of phenolic OH excluding ortho intramolecular Hbond substituents is 1. The SMILES string of the molecule is CCc1cc(-c2cc(C)cc(-c3ccc(N/C=C\NC)c(Cl)c3)c2O)cc(C)n1. The monoisotopic (exact) mass is 407 g/mol. The first-order valence-corrected chi connectivity index (χ1v) is 10.0. The van der Waals surface area contributed by atoms with Gasteiger partial charge in [0.05, 0.1) is 10.7 Å². The van der Waals surface area contributed by atoms with Gasteiger partial charge in [0.15, 0.2) is 0 Å². The molecule has 0 radical (unpaired) electrons. The molecule has 4 nitrogen and oxygen atoms in total. The van der Waals surface area contributed by atoms with Crippen LogP contribution < -0.4 is 10.6 Å². The lowest BCUT2D eigenvalue weighted by atomic mass is 9.94. The largest absolute Gasteiger partial charge is 0.507 e. The van der Waals surface area contributed by atoms with Crippen molar-refractivity contribution in [2.45, 2.75) is 27.2 Å². The first-order chi connectivity index (χ1) is 13.9. The van der Waals surface area contributed by atoms with Crippen molar-refractivity contribution in [2.75, 3.05) is 12.4 Å². The van der Waals surface area contributed by atoms with Gasteiger partial charge < -0.3 is 15.7 Å². The summed E-state index contributed by atoms with van der Waals surface area (Å²) in [7, 11) is 1.83. The third kappa shape index (κ3) is 4.72. The van der Waals surface area contributed by atoms with Crippen LogP contribution in [0.1, 0.15) is 23.9 Å². The first-order valence-electron chi connectivity index (χ1n) is 9.63. The molecule has 150 valence electrons. The third-order valence-corrected chi connectivity index (χ3v) is 5.02. The molecule has 29 heavy (non-hydrogen) atoms. The maximum atomic E-state index is 11.1. The van der Waals surface area contributed by atoms with Crippen LogP contribution >= 0.6 is 11.6 Å². The Hall–Kier alpha value is -2.98. The topological polar surface area (TPSA) is 57.2 Å². The highest BCUT2D eigenvalue weighted by Crippen LogP contribution is 2.41. The van der Waals surface area contributed by atoms with E-state index < -0.39 is 0 Å². The van der Waals surface area contributed by atoms with Gasteiger partial charge in [0.2, 0.25) is 0 Å². The Bertz CT molecular complexity index is 1060. The summed E-state index contributed by atoms with van der Waals surface area (Å²) in [5, 5.41) is 17.7. The molecule has 5 heteroatoms. The average molecular weight is 408 g/mol. The van der Waals surface area contributed by atoms with Gasteiger partial charge in [0.1, 0.15) is 5.75 Å². The molecule has 0 unspecified atom stereocenters. The molecular formula is C24H26ClN3O. The molecule has 3 N–H and O–H groups in total. The number of hydrogen-bond donors (Lipinski definition) is 3. The van der Waals surface area contributed by atoms with Gasteiger partial charge in [-0.1, -0.05) is 24.6 Å². The number of pyridine rings is 1. The summed E-state index contributed by atoms with van der Waals surface area (Å²) in [6.45, 7) is 6.09. The fourth-order valence-electron chi connectivity index (χ4n) is 3.31. The normalized spacial score (nSPS) is 11.1. The van der Waals surface area contributed by atoms with Crippen LogP contribution in [0, 0.1) is 13.8 Å². The minimum absolute atomic E-state index is 0.245. The standard InChI is InChI=1S/C24H26ClN3O/c1-5-19-13-18(12-16(3)28-19)21-11-15(2)10-20(24(21)29)17-6-7-23(22(25)14-17)27-9-8-26-4/h6-14,26-27,29H,5H2,1-4H3/b9-8-. The van der Waals surface area contributed by atoms with Crippen molar-refractivity contribution in [3.05, 3.63) is 76.8 Å². The second kappa shape index (κ2) is 9.01. The molecule has 0 bridgehead atoms. The molecule has 0 saturated carbocycles. The quantitative estimate of drug-likeness (QED) is 0.465. The van der Waals surface area contributed by atoms with Crippen LogP contribution in [0.3, 0.4) is 0 Å². The van der Waals surface area contributed by atoms with Gasteiger partial charge in [-0.15, -0.1) is 0 Å².